The first-order chi connectivity index (χ1) is 13.6. The number of carbonyl (C=O) groups excluding carboxylic acids is 1. The number of hydrogen-bond acceptors (Lipinski definition) is 5. The molecule has 1 atom stereocenters. The Balaban J connectivity index is 1.37. The summed E-state index contributed by atoms with van der Waals surface area (Å²) in [6.45, 7) is 3.30. The van der Waals surface area contributed by atoms with Crippen molar-refractivity contribution in [3.05, 3.63) is 70.5 Å². The molecule has 0 fully saturated rings. The standard InChI is InChI=1S/C21H24N4O3/c1-16(17-8-3-2-4-9-17)28-15-7-13-22-20(26)12-14-25-21(27)18-10-5-6-11-19(18)23-24-25/h2-6,8-11,16H,7,12-15H2,1H3,(H,22,26). The van der Waals surface area contributed by atoms with Crippen LogP contribution in [0.4, 0.5) is 0 Å². The number of nitrogens with one attached hydrogen (secondary N) is 1. The van der Waals surface area contributed by atoms with Crippen molar-refractivity contribution in [3.63, 3.8) is 0 Å². The van der Waals surface area contributed by atoms with Crippen LogP contribution in [0.5, 0.6) is 0 Å². The molecular formula is C21H24N4O3. The Kier molecular flexibility index (Phi) is 6.86. The van der Waals surface area contributed by atoms with Crippen LogP contribution >= 0.6 is 0 Å². The number of hydrogen-bond donors (Lipinski definition) is 1. The van der Waals surface area contributed by atoms with E-state index in [0.717, 1.165) is 12.0 Å². The van der Waals surface area contributed by atoms with Gasteiger partial charge in [0.2, 0.25) is 5.91 Å². The lowest BCUT2D eigenvalue weighted by atomic mass is 10.1. The fourth-order valence-electron chi connectivity index (χ4n) is 2.85. The normalized spacial score (nSPS) is 12.0. The van der Waals surface area contributed by atoms with Gasteiger partial charge in [0, 0.05) is 19.6 Å². The molecule has 28 heavy (non-hydrogen) atoms. The number of nitrogens with zero attached hydrogens (tertiary/aromatic N) is 3. The van der Waals surface area contributed by atoms with Gasteiger partial charge in [0.15, 0.2) is 0 Å². The van der Waals surface area contributed by atoms with Crippen LogP contribution in [-0.4, -0.2) is 34.1 Å². The Morgan fingerprint density at radius 1 is 1.14 bits per heavy atom. The maximum absolute atomic E-state index is 12.3. The van der Waals surface area contributed by atoms with Crippen molar-refractivity contribution in [2.75, 3.05) is 13.2 Å². The average molecular weight is 380 g/mol. The van der Waals surface area contributed by atoms with Crippen LogP contribution in [0, 0.1) is 0 Å². The minimum absolute atomic E-state index is 0.0234. The van der Waals surface area contributed by atoms with Gasteiger partial charge in [0.25, 0.3) is 5.56 Å². The highest BCUT2D eigenvalue weighted by Crippen LogP contribution is 2.15. The minimum atomic E-state index is -0.235. The smallest absolute Gasteiger partial charge is 0.277 e. The first-order valence-corrected chi connectivity index (χ1v) is 9.41. The molecular weight excluding hydrogens is 356 g/mol. The minimum Gasteiger partial charge on any atom is -0.374 e. The summed E-state index contributed by atoms with van der Waals surface area (Å²) in [5.74, 6) is -0.127. The van der Waals surface area contributed by atoms with Crippen molar-refractivity contribution >= 4 is 16.8 Å². The molecule has 0 aliphatic heterocycles. The summed E-state index contributed by atoms with van der Waals surface area (Å²) in [4.78, 5) is 24.3. The van der Waals surface area contributed by atoms with Crippen LogP contribution in [0.25, 0.3) is 10.9 Å². The molecule has 7 heteroatoms. The molecule has 1 aromatic heterocycles. The van der Waals surface area contributed by atoms with Gasteiger partial charge in [-0.15, -0.1) is 5.10 Å². The van der Waals surface area contributed by atoms with E-state index in [9.17, 15) is 9.59 Å². The lowest BCUT2D eigenvalue weighted by molar-refractivity contribution is -0.121. The zero-order valence-electron chi connectivity index (χ0n) is 15.9. The van der Waals surface area contributed by atoms with Gasteiger partial charge in [-0.3, -0.25) is 9.59 Å². The Morgan fingerprint density at radius 3 is 2.71 bits per heavy atom. The van der Waals surface area contributed by atoms with Crippen molar-refractivity contribution in [1.82, 2.24) is 20.3 Å². The number of fused-ring (bicyclic) bond motifs is 1. The first-order valence-electron chi connectivity index (χ1n) is 9.41. The topological polar surface area (TPSA) is 86.1 Å². The van der Waals surface area contributed by atoms with Crippen LogP contribution in [0.2, 0.25) is 0 Å². The zero-order valence-corrected chi connectivity index (χ0v) is 15.9. The van der Waals surface area contributed by atoms with Gasteiger partial charge in [-0.05, 0) is 31.0 Å². The lowest BCUT2D eigenvalue weighted by Gasteiger charge is -2.13. The van der Waals surface area contributed by atoms with E-state index in [0.29, 0.717) is 24.1 Å². The Hall–Kier alpha value is -3.06. The van der Waals surface area contributed by atoms with Crippen LogP contribution < -0.4 is 10.9 Å². The second kappa shape index (κ2) is 9.75. The maximum Gasteiger partial charge on any atom is 0.277 e. The largest absolute Gasteiger partial charge is 0.374 e. The molecule has 1 unspecified atom stereocenters. The number of ether oxygens (including phenoxy) is 1. The van der Waals surface area contributed by atoms with Gasteiger partial charge in [0.05, 0.1) is 18.0 Å². The molecule has 1 amide bonds. The van der Waals surface area contributed by atoms with Crippen molar-refractivity contribution in [2.24, 2.45) is 0 Å². The molecule has 2 aromatic carbocycles. The Labute approximate surface area is 163 Å². The highest BCUT2D eigenvalue weighted by atomic mass is 16.5. The molecule has 3 rings (SSSR count). The van der Waals surface area contributed by atoms with Crippen LogP contribution in [-0.2, 0) is 16.1 Å². The van der Waals surface area contributed by atoms with E-state index in [1.165, 1.54) is 4.68 Å². The Bertz CT molecular complexity index is 972. The van der Waals surface area contributed by atoms with Crippen molar-refractivity contribution < 1.29 is 9.53 Å². The molecule has 146 valence electrons. The van der Waals surface area contributed by atoms with E-state index in [1.54, 1.807) is 24.3 Å². The molecule has 0 saturated heterocycles. The second-order valence-electron chi connectivity index (χ2n) is 6.51. The number of rotatable bonds is 9. The van der Waals surface area contributed by atoms with Gasteiger partial charge in [-0.2, -0.15) is 0 Å². The summed E-state index contributed by atoms with van der Waals surface area (Å²) in [7, 11) is 0. The molecule has 0 aliphatic rings. The fourth-order valence-corrected chi connectivity index (χ4v) is 2.85. The quantitative estimate of drug-likeness (QED) is 0.576. The summed E-state index contributed by atoms with van der Waals surface area (Å²) in [6, 6.07) is 17.0. The van der Waals surface area contributed by atoms with E-state index in [-0.39, 0.29) is 30.5 Å². The van der Waals surface area contributed by atoms with Gasteiger partial charge >= 0.3 is 0 Å². The predicted octanol–water partition coefficient (Wildman–Crippen LogP) is 2.47. The van der Waals surface area contributed by atoms with E-state index >= 15 is 0 Å². The summed E-state index contributed by atoms with van der Waals surface area (Å²) in [6.07, 6.45) is 0.919. The average Bonchev–Trinajstić information content (AvgIpc) is 2.73. The fraction of sp³-hybridized carbons (Fsp3) is 0.333. The summed E-state index contributed by atoms with van der Waals surface area (Å²) in [5, 5.41) is 11.2. The molecule has 3 aromatic rings. The van der Waals surface area contributed by atoms with Crippen LogP contribution in [0.1, 0.15) is 31.4 Å². The molecule has 7 nitrogen and oxygen atoms in total. The van der Waals surface area contributed by atoms with Crippen molar-refractivity contribution in [3.8, 4) is 0 Å². The molecule has 0 radical (unpaired) electrons. The number of aromatic nitrogens is 3. The molecule has 0 bridgehead atoms. The second-order valence-corrected chi connectivity index (χ2v) is 6.51. The van der Waals surface area contributed by atoms with Gasteiger partial charge < -0.3 is 10.1 Å². The van der Waals surface area contributed by atoms with Crippen molar-refractivity contribution in [1.29, 1.82) is 0 Å². The van der Waals surface area contributed by atoms with Crippen LogP contribution in [0.3, 0.4) is 0 Å². The highest BCUT2D eigenvalue weighted by molar-refractivity contribution is 5.77. The van der Waals surface area contributed by atoms with Gasteiger partial charge in [-0.25, -0.2) is 4.68 Å². The van der Waals surface area contributed by atoms with Crippen LogP contribution in [0.15, 0.2) is 59.4 Å². The summed E-state index contributed by atoms with van der Waals surface area (Å²) >= 11 is 0. The SMILES string of the molecule is CC(OCCCNC(=O)CCn1nnc2ccccc2c1=O)c1ccccc1. The van der Waals surface area contributed by atoms with E-state index in [2.05, 4.69) is 15.6 Å². The lowest BCUT2D eigenvalue weighted by Crippen LogP contribution is -2.30. The monoisotopic (exact) mass is 380 g/mol. The molecule has 1 heterocycles. The molecule has 0 aliphatic carbocycles. The van der Waals surface area contributed by atoms with Crippen molar-refractivity contribution in [2.45, 2.75) is 32.4 Å². The van der Waals surface area contributed by atoms with Gasteiger partial charge in [0.1, 0.15) is 5.52 Å². The highest BCUT2D eigenvalue weighted by Gasteiger charge is 2.08. The third-order valence-corrected chi connectivity index (χ3v) is 4.46. The van der Waals surface area contributed by atoms with E-state index in [4.69, 9.17) is 4.74 Å². The molecule has 0 spiro atoms. The summed E-state index contributed by atoms with van der Waals surface area (Å²) < 4.78 is 7.01. The van der Waals surface area contributed by atoms with E-state index < -0.39 is 0 Å². The first kappa shape index (κ1) is 19.7. The zero-order chi connectivity index (χ0) is 19.8. The number of aryl methyl sites for hydroxylation is 1. The summed E-state index contributed by atoms with van der Waals surface area (Å²) in [5.41, 5.74) is 1.45. The third kappa shape index (κ3) is 5.23. The number of benzene rings is 2. The third-order valence-electron chi connectivity index (χ3n) is 4.46. The molecule has 1 N–H and O–H groups in total. The molecule has 0 saturated carbocycles. The predicted molar refractivity (Wildman–Crippen MR) is 107 cm³/mol. The van der Waals surface area contributed by atoms with E-state index in [1.807, 2.05) is 37.3 Å². The number of amides is 1. The maximum atomic E-state index is 12.3. The Morgan fingerprint density at radius 2 is 1.89 bits per heavy atom. The van der Waals surface area contributed by atoms with Gasteiger partial charge in [-0.1, -0.05) is 47.7 Å². The number of carbonyl (C=O) groups is 1.